The van der Waals surface area contributed by atoms with E-state index in [-0.39, 0.29) is 5.91 Å². The van der Waals surface area contributed by atoms with Crippen LogP contribution in [0.15, 0.2) is 65.8 Å². The molecule has 122 valence electrons. The number of tetrazole rings is 1. The van der Waals surface area contributed by atoms with Gasteiger partial charge in [0, 0.05) is 17.0 Å². The van der Waals surface area contributed by atoms with E-state index in [1.54, 1.807) is 11.8 Å². The predicted octanol–water partition coefficient (Wildman–Crippen LogP) is 2.82. The number of thioether (sulfide) groups is 1. The molecule has 0 fully saturated rings. The van der Waals surface area contributed by atoms with Gasteiger partial charge in [-0.05, 0) is 40.4 Å². The number of carbonyl (C=O) groups excluding carboxylic acids is 1. The van der Waals surface area contributed by atoms with Gasteiger partial charge >= 0.3 is 0 Å². The SMILES string of the molecule is CSc1cccc(NC(=O)[C@H](Cc2ccccc2)n2cnnn2)c1. The third-order valence-corrected chi connectivity index (χ3v) is 4.32. The average Bonchev–Trinajstić information content (AvgIpc) is 3.15. The van der Waals surface area contributed by atoms with Gasteiger partial charge < -0.3 is 5.32 Å². The number of nitrogens with one attached hydrogen (secondary N) is 1. The normalized spacial score (nSPS) is 11.9. The highest BCUT2D eigenvalue weighted by Gasteiger charge is 2.22. The zero-order valence-corrected chi connectivity index (χ0v) is 14.0. The molecule has 0 aliphatic heterocycles. The van der Waals surface area contributed by atoms with Crippen molar-refractivity contribution >= 4 is 23.4 Å². The molecule has 0 aliphatic rings. The second-order valence-corrected chi connectivity index (χ2v) is 6.10. The minimum absolute atomic E-state index is 0.149. The van der Waals surface area contributed by atoms with Gasteiger partial charge in [-0.3, -0.25) is 4.79 Å². The molecule has 3 rings (SSSR count). The van der Waals surface area contributed by atoms with Gasteiger partial charge in [0.2, 0.25) is 5.91 Å². The molecule has 0 saturated carbocycles. The first-order valence-corrected chi connectivity index (χ1v) is 8.70. The van der Waals surface area contributed by atoms with Gasteiger partial charge in [-0.2, -0.15) is 0 Å². The molecule has 1 N–H and O–H groups in total. The van der Waals surface area contributed by atoms with Crippen molar-refractivity contribution in [2.75, 3.05) is 11.6 Å². The van der Waals surface area contributed by atoms with E-state index in [1.165, 1.54) is 11.0 Å². The van der Waals surface area contributed by atoms with Crippen molar-refractivity contribution in [3.05, 3.63) is 66.5 Å². The lowest BCUT2D eigenvalue weighted by molar-refractivity contribution is -0.119. The van der Waals surface area contributed by atoms with Gasteiger partial charge in [0.05, 0.1) is 0 Å². The summed E-state index contributed by atoms with van der Waals surface area (Å²) in [7, 11) is 0. The summed E-state index contributed by atoms with van der Waals surface area (Å²) < 4.78 is 1.49. The first-order chi connectivity index (χ1) is 11.8. The Morgan fingerprint density at radius 2 is 2.04 bits per heavy atom. The van der Waals surface area contributed by atoms with Gasteiger partial charge in [0.25, 0.3) is 0 Å². The number of nitrogens with zero attached hydrogens (tertiary/aromatic N) is 4. The molecule has 0 spiro atoms. The van der Waals surface area contributed by atoms with Crippen molar-refractivity contribution in [1.29, 1.82) is 0 Å². The zero-order valence-electron chi connectivity index (χ0n) is 13.2. The van der Waals surface area contributed by atoms with Gasteiger partial charge in [-0.1, -0.05) is 36.4 Å². The molecule has 7 heteroatoms. The molecule has 1 heterocycles. The molecule has 2 aromatic carbocycles. The molecule has 0 bridgehead atoms. The summed E-state index contributed by atoms with van der Waals surface area (Å²) >= 11 is 1.63. The van der Waals surface area contributed by atoms with E-state index in [4.69, 9.17) is 0 Å². The number of rotatable bonds is 6. The second kappa shape index (κ2) is 7.74. The van der Waals surface area contributed by atoms with Crippen molar-refractivity contribution in [2.45, 2.75) is 17.4 Å². The van der Waals surface area contributed by atoms with Crippen LogP contribution in [0.1, 0.15) is 11.6 Å². The van der Waals surface area contributed by atoms with E-state index in [2.05, 4.69) is 20.8 Å². The highest BCUT2D eigenvalue weighted by molar-refractivity contribution is 7.98. The first-order valence-electron chi connectivity index (χ1n) is 7.47. The Labute approximate surface area is 144 Å². The topological polar surface area (TPSA) is 72.7 Å². The van der Waals surface area contributed by atoms with Crippen LogP contribution in [0.4, 0.5) is 5.69 Å². The van der Waals surface area contributed by atoms with Crippen molar-refractivity contribution in [3.63, 3.8) is 0 Å². The molecular weight excluding hydrogens is 322 g/mol. The predicted molar refractivity (Wildman–Crippen MR) is 93.9 cm³/mol. The lowest BCUT2D eigenvalue weighted by Crippen LogP contribution is -2.28. The van der Waals surface area contributed by atoms with Crippen LogP contribution in [0.3, 0.4) is 0 Å². The molecule has 3 aromatic rings. The van der Waals surface area contributed by atoms with Gasteiger partial charge in [-0.25, -0.2) is 4.68 Å². The molecular formula is C17H17N5OS. The minimum Gasteiger partial charge on any atom is -0.324 e. The fraction of sp³-hybridized carbons (Fsp3) is 0.176. The third kappa shape index (κ3) is 3.99. The zero-order chi connectivity index (χ0) is 16.8. The van der Waals surface area contributed by atoms with Crippen LogP contribution in [0, 0.1) is 0 Å². The van der Waals surface area contributed by atoms with Gasteiger partial charge in [0.15, 0.2) is 0 Å². The van der Waals surface area contributed by atoms with Gasteiger partial charge in [-0.15, -0.1) is 16.9 Å². The Kier molecular flexibility index (Phi) is 5.22. The fourth-order valence-corrected chi connectivity index (χ4v) is 2.84. The van der Waals surface area contributed by atoms with Gasteiger partial charge in [0.1, 0.15) is 12.4 Å². The van der Waals surface area contributed by atoms with Crippen molar-refractivity contribution in [2.24, 2.45) is 0 Å². The molecule has 6 nitrogen and oxygen atoms in total. The molecule has 24 heavy (non-hydrogen) atoms. The maximum Gasteiger partial charge on any atom is 0.249 e. The van der Waals surface area contributed by atoms with E-state index in [0.717, 1.165) is 16.1 Å². The lowest BCUT2D eigenvalue weighted by atomic mass is 10.1. The second-order valence-electron chi connectivity index (χ2n) is 5.22. The van der Waals surface area contributed by atoms with Crippen molar-refractivity contribution < 1.29 is 4.79 Å². The number of hydrogen-bond acceptors (Lipinski definition) is 5. The molecule has 1 amide bonds. The smallest absolute Gasteiger partial charge is 0.249 e. The van der Waals surface area contributed by atoms with Crippen LogP contribution in [-0.4, -0.2) is 32.4 Å². The van der Waals surface area contributed by atoms with Crippen molar-refractivity contribution in [3.8, 4) is 0 Å². The fourth-order valence-electron chi connectivity index (χ4n) is 2.38. The number of amides is 1. The quantitative estimate of drug-likeness (QED) is 0.699. The molecule has 1 aromatic heterocycles. The third-order valence-electron chi connectivity index (χ3n) is 3.60. The molecule has 1 atom stereocenters. The van der Waals surface area contributed by atoms with E-state index in [1.807, 2.05) is 60.9 Å². The number of benzene rings is 2. The largest absolute Gasteiger partial charge is 0.324 e. The number of aromatic nitrogens is 4. The maximum absolute atomic E-state index is 12.8. The highest BCUT2D eigenvalue weighted by atomic mass is 32.2. The summed E-state index contributed by atoms with van der Waals surface area (Å²) in [4.78, 5) is 13.9. The number of carbonyl (C=O) groups is 1. The highest BCUT2D eigenvalue weighted by Crippen LogP contribution is 2.21. The minimum atomic E-state index is -0.514. The molecule has 0 unspecified atom stereocenters. The summed E-state index contributed by atoms with van der Waals surface area (Å²) in [5.41, 5.74) is 1.81. The first kappa shape index (κ1) is 16.2. The van der Waals surface area contributed by atoms with E-state index >= 15 is 0 Å². The Morgan fingerprint density at radius 1 is 1.21 bits per heavy atom. The average molecular weight is 339 g/mol. The maximum atomic E-state index is 12.8. The summed E-state index contributed by atoms with van der Waals surface area (Å²) in [6.45, 7) is 0. The standard InChI is InChI=1S/C17H17N5OS/c1-24-15-9-5-8-14(11-15)19-17(23)16(22-12-18-20-21-22)10-13-6-3-2-4-7-13/h2-9,11-12,16H,10H2,1H3,(H,19,23)/t16-/m0/s1. The van der Waals surface area contributed by atoms with E-state index in [9.17, 15) is 4.79 Å². The van der Waals surface area contributed by atoms with Crippen LogP contribution in [0.25, 0.3) is 0 Å². The monoisotopic (exact) mass is 339 g/mol. The van der Waals surface area contributed by atoms with E-state index < -0.39 is 6.04 Å². The van der Waals surface area contributed by atoms with Crippen LogP contribution in [0.2, 0.25) is 0 Å². The Hall–Kier alpha value is -2.67. The molecule has 0 saturated heterocycles. The van der Waals surface area contributed by atoms with Crippen LogP contribution in [-0.2, 0) is 11.2 Å². The Morgan fingerprint density at radius 3 is 2.75 bits per heavy atom. The van der Waals surface area contributed by atoms with Crippen LogP contribution < -0.4 is 5.32 Å². The molecule has 0 aliphatic carbocycles. The van der Waals surface area contributed by atoms with Crippen LogP contribution >= 0.6 is 11.8 Å². The Balaban J connectivity index is 1.81. The van der Waals surface area contributed by atoms with Crippen LogP contribution in [0.5, 0.6) is 0 Å². The Bertz CT molecular complexity index is 792. The van der Waals surface area contributed by atoms with E-state index in [0.29, 0.717) is 6.42 Å². The number of hydrogen-bond donors (Lipinski definition) is 1. The van der Waals surface area contributed by atoms with Crippen molar-refractivity contribution in [1.82, 2.24) is 20.2 Å². The lowest BCUT2D eigenvalue weighted by Gasteiger charge is -2.16. The summed E-state index contributed by atoms with van der Waals surface area (Å²) in [6.07, 6.45) is 3.98. The molecule has 0 radical (unpaired) electrons. The summed E-state index contributed by atoms with van der Waals surface area (Å²) in [6, 6.07) is 17.0. The number of anilines is 1. The summed E-state index contributed by atoms with van der Waals surface area (Å²) in [5.74, 6) is -0.149. The summed E-state index contributed by atoms with van der Waals surface area (Å²) in [5, 5.41) is 14.2.